The summed E-state index contributed by atoms with van der Waals surface area (Å²) in [6.07, 6.45) is 0. The predicted molar refractivity (Wildman–Crippen MR) is 229 cm³/mol. The van der Waals surface area contributed by atoms with Gasteiger partial charge in [-0.05, 0) is 81.7 Å². The number of hydrogen-bond acceptors (Lipinski definition) is 1. The van der Waals surface area contributed by atoms with Gasteiger partial charge in [0.1, 0.15) is 0 Å². The summed E-state index contributed by atoms with van der Waals surface area (Å²) in [7, 11) is 0. The van der Waals surface area contributed by atoms with E-state index in [4.69, 9.17) is 0 Å². The molecule has 1 aromatic heterocycles. The Morgan fingerprint density at radius 3 is 1.57 bits per heavy atom. The van der Waals surface area contributed by atoms with Crippen LogP contribution in [0.2, 0.25) is 0 Å². The van der Waals surface area contributed by atoms with Gasteiger partial charge >= 0.3 is 0 Å². The van der Waals surface area contributed by atoms with Crippen LogP contribution < -0.4 is 4.90 Å². The van der Waals surface area contributed by atoms with Gasteiger partial charge in [-0.15, -0.1) is 0 Å². The summed E-state index contributed by atoms with van der Waals surface area (Å²) >= 11 is 0. The first-order chi connectivity index (χ1) is 26.8. The van der Waals surface area contributed by atoms with Crippen LogP contribution in [0.5, 0.6) is 0 Å². The molecule has 0 atom stereocenters. The van der Waals surface area contributed by atoms with Crippen LogP contribution >= 0.6 is 0 Å². The molecule has 0 aliphatic rings. The fourth-order valence-corrected chi connectivity index (χ4v) is 8.03. The third kappa shape index (κ3) is 5.53. The Balaban J connectivity index is 1.02. The van der Waals surface area contributed by atoms with Crippen molar-refractivity contribution in [1.29, 1.82) is 0 Å². The standard InChI is InChI=1S/C52H36N2/c1-2-14-37(15-3-1)42-18-12-19-44(36-42)53(49-27-13-17-40-16-4-5-20-45(40)49)43-34-32-39(33-35-43)38-28-30-41(31-29-38)46-21-6-9-24-50(46)54-51-25-10-7-22-47(51)48-23-8-11-26-52(48)54/h1-36H. The lowest BCUT2D eigenvalue weighted by Crippen LogP contribution is -2.10. The molecular weight excluding hydrogens is 653 g/mol. The van der Waals surface area contributed by atoms with Gasteiger partial charge in [0.25, 0.3) is 0 Å². The topological polar surface area (TPSA) is 8.17 Å². The van der Waals surface area contributed by atoms with Gasteiger partial charge in [-0.2, -0.15) is 0 Å². The Kier molecular flexibility index (Phi) is 7.85. The highest BCUT2D eigenvalue weighted by Gasteiger charge is 2.18. The van der Waals surface area contributed by atoms with Crippen LogP contribution in [0, 0.1) is 0 Å². The third-order valence-electron chi connectivity index (χ3n) is 10.6. The number of nitrogens with zero attached hydrogens (tertiary/aromatic N) is 2. The van der Waals surface area contributed by atoms with Crippen molar-refractivity contribution in [1.82, 2.24) is 4.57 Å². The summed E-state index contributed by atoms with van der Waals surface area (Å²) < 4.78 is 2.41. The largest absolute Gasteiger partial charge is 0.310 e. The van der Waals surface area contributed by atoms with Crippen molar-refractivity contribution < 1.29 is 0 Å². The van der Waals surface area contributed by atoms with Crippen molar-refractivity contribution in [3.8, 4) is 39.1 Å². The molecule has 0 radical (unpaired) electrons. The van der Waals surface area contributed by atoms with E-state index in [-0.39, 0.29) is 0 Å². The maximum atomic E-state index is 2.41. The van der Waals surface area contributed by atoms with Crippen LogP contribution in [0.15, 0.2) is 218 Å². The van der Waals surface area contributed by atoms with E-state index in [1.807, 2.05) is 0 Å². The van der Waals surface area contributed by atoms with Gasteiger partial charge < -0.3 is 9.47 Å². The highest BCUT2D eigenvalue weighted by Crippen LogP contribution is 2.41. The molecule has 1 heterocycles. The molecule has 0 aliphatic heterocycles. The molecule has 10 rings (SSSR count). The Labute approximate surface area is 315 Å². The zero-order chi connectivity index (χ0) is 35.8. The number of hydrogen-bond donors (Lipinski definition) is 0. The van der Waals surface area contributed by atoms with Crippen LogP contribution in [-0.4, -0.2) is 4.57 Å². The van der Waals surface area contributed by atoms with E-state index in [0.29, 0.717) is 0 Å². The maximum Gasteiger partial charge on any atom is 0.0541 e. The molecule has 2 heteroatoms. The lowest BCUT2D eigenvalue weighted by atomic mass is 9.98. The first kappa shape index (κ1) is 31.6. The number of benzene rings is 9. The van der Waals surface area contributed by atoms with Gasteiger partial charge in [-0.1, -0.05) is 170 Å². The normalized spacial score (nSPS) is 11.3. The minimum Gasteiger partial charge on any atom is -0.310 e. The Morgan fingerprint density at radius 2 is 0.833 bits per heavy atom. The molecule has 9 aromatic carbocycles. The fraction of sp³-hybridized carbons (Fsp3) is 0. The zero-order valence-corrected chi connectivity index (χ0v) is 29.7. The highest BCUT2D eigenvalue weighted by molar-refractivity contribution is 6.09. The summed E-state index contributed by atoms with van der Waals surface area (Å²) in [5, 5.41) is 4.97. The van der Waals surface area contributed by atoms with Crippen LogP contribution in [0.3, 0.4) is 0 Å². The van der Waals surface area contributed by atoms with Gasteiger partial charge in [0.2, 0.25) is 0 Å². The second kappa shape index (κ2) is 13.4. The van der Waals surface area contributed by atoms with Crippen molar-refractivity contribution in [2.24, 2.45) is 0 Å². The van der Waals surface area contributed by atoms with Crippen LogP contribution in [0.1, 0.15) is 0 Å². The first-order valence-electron chi connectivity index (χ1n) is 18.5. The summed E-state index contributed by atoms with van der Waals surface area (Å²) in [6, 6.07) is 78.8. The van der Waals surface area contributed by atoms with Crippen molar-refractivity contribution in [3.63, 3.8) is 0 Å². The molecule has 0 saturated heterocycles. The molecule has 0 N–H and O–H groups in total. The SMILES string of the molecule is c1ccc(-c2cccc(N(c3ccc(-c4ccc(-c5ccccc5-n5c6ccccc6c6ccccc65)cc4)cc3)c3cccc4ccccc34)c2)cc1. The number of rotatable bonds is 7. The van der Waals surface area contributed by atoms with E-state index in [1.165, 1.54) is 71.6 Å². The number of para-hydroxylation sites is 3. The highest BCUT2D eigenvalue weighted by atomic mass is 15.1. The molecule has 0 saturated carbocycles. The monoisotopic (exact) mass is 688 g/mol. The maximum absolute atomic E-state index is 2.41. The predicted octanol–water partition coefficient (Wildman–Crippen LogP) is 14.4. The molecule has 10 aromatic rings. The van der Waals surface area contributed by atoms with Crippen LogP contribution in [0.4, 0.5) is 17.1 Å². The van der Waals surface area contributed by atoms with E-state index in [0.717, 1.165) is 17.1 Å². The zero-order valence-electron chi connectivity index (χ0n) is 29.7. The minimum atomic E-state index is 1.11. The van der Waals surface area contributed by atoms with E-state index >= 15 is 0 Å². The Hall–Kier alpha value is -7.16. The second-order valence-electron chi connectivity index (χ2n) is 13.8. The molecule has 0 bridgehead atoms. The van der Waals surface area contributed by atoms with E-state index in [2.05, 4.69) is 228 Å². The van der Waals surface area contributed by atoms with Crippen molar-refractivity contribution >= 4 is 49.6 Å². The fourth-order valence-electron chi connectivity index (χ4n) is 8.03. The quantitative estimate of drug-likeness (QED) is 0.162. The van der Waals surface area contributed by atoms with Gasteiger partial charge in [-0.25, -0.2) is 0 Å². The molecule has 0 amide bonds. The van der Waals surface area contributed by atoms with Gasteiger partial charge in [-0.3, -0.25) is 0 Å². The number of fused-ring (bicyclic) bond motifs is 4. The van der Waals surface area contributed by atoms with E-state index < -0.39 is 0 Å². The smallest absolute Gasteiger partial charge is 0.0541 e. The molecule has 0 fully saturated rings. The molecule has 54 heavy (non-hydrogen) atoms. The van der Waals surface area contributed by atoms with Crippen molar-refractivity contribution in [3.05, 3.63) is 218 Å². The van der Waals surface area contributed by atoms with Crippen LogP contribution in [-0.2, 0) is 0 Å². The van der Waals surface area contributed by atoms with Gasteiger partial charge in [0.15, 0.2) is 0 Å². The molecular formula is C52H36N2. The van der Waals surface area contributed by atoms with Gasteiger partial charge in [0, 0.05) is 33.1 Å². The molecule has 0 aliphatic carbocycles. The molecule has 2 nitrogen and oxygen atoms in total. The van der Waals surface area contributed by atoms with Gasteiger partial charge in [0.05, 0.1) is 22.4 Å². The summed E-state index contributed by atoms with van der Waals surface area (Å²) in [5.74, 6) is 0. The van der Waals surface area contributed by atoms with Crippen molar-refractivity contribution in [2.45, 2.75) is 0 Å². The number of anilines is 3. The van der Waals surface area contributed by atoms with E-state index in [9.17, 15) is 0 Å². The third-order valence-corrected chi connectivity index (χ3v) is 10.6. The van der Waals surface area contributed by atoms with Crippen molar-refractivity contribution in [2.75, 3.05) is 4.90 Å². The Morgan fingerprint density at radius 1 is 0.315 bits per heavy atom. The minimum absolute atomic E-state index is 1.11. The number of aromatic nitrogens is 1. The molecule has 0 unspecified atom stereocenters. The molecule has 254 valence electrons. The molecule has 0 spiro atoms. The summed E-state index contributed by atoms with van der Waals surface area (Å²) in [4.78, 5) is 2.38. The lowest BCUT2D eigenvalue weighted by Gasteiger charge is -2.27. The average molecular weight is 689 g/mol. The van der Waals surface area contributed by atoms with Crippen LogP contribution in [0.25, 0.3) is 71.6 Å². The Bertz CT molecular complexity index is 2860. The summed E-state index contributed by atoms with van der Waals surface area (Å²) in [5.41, 5.74) is 14.1. The first-order valence-corrected chi connectivity index (χ1v) is 18.5. The average Bonchev–Trinajstić information content (AvgIpc) is 3.59. The van der Waals surface area contributed by atoms with E-state index in [1.54, 1.807) is 0 Å². The second-order valence-corrected chi connectivity index (χ2v) is 13.8. The summed E-state index contributed by atoms with van der Waals surface area (Å²) in [6.45, 7) is 0. The lowest BCUT2D eigenvalue weighted by molar-refractivity contribution is 1.18.